The maximum absolute atomic E-state index is 11.3. The topological polar surface area (TPSA) is 102 Å². The first-order chi connectivity index (χ1) is 7.52. The van der Waals surface area contributed by atoms with Crippen molar-refractivity contribution in [1.82, 2.24) is 5.32 Å². The van der Waals surface area contributed by atoms with Gasteiger partial charge in [0.2, 0.25) is 5.91 Å². The molecule has 0 spiro atoms. The molecule has 0 aliphatic heterocycles. The number of hydrogen-bond donors (Lipinski definition) is 3. The molecule has 0 saturated heterocycles. The Morgan fingerprint density at radius 2 is 2.12 bits per heavy atom. The zero-order chi connectivity index (χ0) is 12.6. The first-order valence-corrected chi connectivity index (χ1v) is 5.36. The minimum Gasteiger partial charge on any atom is -0.464 e. The molecule has 0 aromatic heterocycles. The van der Waals surface area contributed by atoms with Gasteiger partial charge in [-0.2, -0.15) is 0 Å². The van der Waals surface area contributed by atoms with Crippen molar-refractivity contribution in [3.05, 3.63) is 0 Å². The highest BCUT2D eigenvalue weighted by atomic mass is 16.5. The number of hydrogen-bond acceptors (Lipinski definition) is 5. The summed E-state index contributed by atoms with van der Waals surface area (Å²) >= 11 is 0. The van der Waals surface area contributed by atoms with E-state index in [1.807, 2.05) is 6.92 Å². The van der Waals surface area contributed by atoms with Crippen molar-refractivity contribution in [3.63, 3.8) is 0 Å². The second-order valence-corrected chi connectivity index (χ2v) is 3.54. The number of ether oxygens (including phenoxy) is 1. The second-order valence-electron chi connectivity index (χ2n) is 3.54. The summed E-state index contributed by atoms with van der Waals surface area (Å²) in [4.78, 5) is 22.5. The molecule has 16 heavy (non-hydrogen) atoms. The Morgan fingerprint density at radius 3 is 2.62 bits per heavy atom. The highest BCUT2D eigenvalue weighted by Gasteiger charge is 2.20. The summed E-state index contributed by atoms with van der Waals surface area (Å²) in [6, 6.07) is -1.76. The number of nitrogens with two attached hydrogens (primary N) is 1. The van der Waals surface area contributed by atoms with Crippen molar-refractivity contribution in [2.24, 2.45) is 5.73 Å². The van der Waals surface area contributed by atoms with Crippen molar-refractivity contribution >= 4 is 11.9 Å². The quantitative estimate of drug-likeness (QED) is 0.392. The Hall–Kier alpha value is -1.14. The summed E-state index contributed by atoms with van der Waals surface area (Å²) in [7, 11) is 0. The minimum atomic E-state index is -1.01. The van der Waals surface area contributed by atoms with E-state index in [-0.39, 0.29) is 0 Å². The van der Waals surface area contributed by atoms with Crippen LogP contribution in [-0.2, 0) is 14.3 Å². The second kappa shape index (κ2) is 8.06. The van der Waals surface area contributed by atoms with Crippen LogP contribution in [0, 0.1) is 0 Å². The van der Waals surface area contributed by atoms with E-state index in [1.54, 1.807) is 0 Å². The van der Waals surface area contributed by atoms with Gasteiger partial charge in [-0.1, -0.05) is 13.3 Å². The standard InChI is InChI=1S/C10H20N2O4/c1-3-4-5-16-10(15)7(2)12-9(14)8(11)6-13/h7-8,13H,3-6,11H2,1-2H3,(H,12,14)/t7-,8-/m0/s1. The third kappa shape index (κ3) is 5.67. The Bertz CT molecular complexity index is 233. The molecule has 94 valence electrons. The third-order valence-corrected chi connectivity index (χ3v) is 1.99. The first kappa shape index (κ1) is 14.9. The van der Waals surface area contributed by atoms with Gasteiger partial charge in [0.1, 0.15) is 12.1 Å². The lowest BCUT2D eigenvalue weighted by atomic mass is 10.2. The lowest BCUT2D eigenvalue weighted by molar-refractivity contribution is -0.147. The van der Waals surface area contributed by atoms with Crippen LogP contribution < -0.4 is 11.1 Å². The highest BCUT2D eigenvalue weighted by Crippen LogP contribution is 1.93. The van der Waals surface area contributed by atoms with E-state index >= 15 is 0 Å². The monoisotopic (exact) mass is 232 g/mol. The minimum absolute atomic E-state index is 0.349. The predicted octanol–water partition coefficient (Wildman–Crippen LogP) is -0.846. The molecule has 0 saturated carbocycles. The normalized spacial score (nSPS) is 14.0. The van der Waals surface area contributed by atoms with Crippen LogP contribution in [0.1, 0.15) is 26.7 Å². The maximum Gasteiger partial charge on any atom is 0.328 e. The van der Waals surface area contributed by atoms with Crippen molar-refractivity contribution < 1.29 is 19.4 Å². The number of carbonyl (C=O) groups excluding carboxylic acids is 2. The van der Waals surface area contributed by atoms with E-state index in [9.17, 15) is 9.59 Å². The average molecular weight is 232 g/mol. The van der Waals surface area contributed by atoms with Gasteiger partial charge in [0.05, 0.1) is 13.2 Å². The van der Waals surface area contributed by atoms with Gasteiger partial charge in [-0.05, 0) is 13.3 Å². The molecule has 0 aromatic rings. The van der Waals surface area contributed by atoms with Crippen LogP contribution in [0.15, 0.2) is 0 Å². The number of esters is 1. The Balaban J connectivity index is 3.91. The molecule has 0 unspecified atom stereocenters. The van der Waals surface area contributed by atoms with E-state index in [4.69, 9.17) is 15.6 Å². The van der Waals surface area contributed by atoms with E-state index in [0.29, 0.717) is 6.61 Å². The molecule has 0 heterocycles. The maximum atomic E-state index is 11.3. The molecule has 0 radical (unpaired) electrons. The average Bonchev–Trinajstić information content (AvgIpc) is 2.27. The van der Waals surface area contributed by atoms with Crippen LogP contribution in [-0.4, -0.2) is 42.3 Å². The molecule has 0 aliphatic rings. The molecule has 0 rings (SSSR count). The van der Waals surface area contributed by atoms with Crippen molar-refractivity contribution in [3.8, 4) is 0 Å². The molecule has 0 bridgehead atoms. The predicted molar refractivity (Wildman–Crippen MR) is 58.5 cm³/mol. The Kier molecular flexibility index (Phi) is 7.49. The van der Waals surface area contributed by atoms with E-state index in [0.717, 1.165) is 12.8 Å². The number of aliphatic hydroxyl groups excluding tert-OH is 1. The lowest BCUT2D eigenvalue weighted by Gasteiger charge is -2.15. The van der Waals surface area contributed by atoms with E-state index < -0.39 is 30.6 Å². The first-order valence-electron chi connectivity index (χ1n) is 5.36. The van der Waals surface area contributed by atoms with Crippen LogP contribution in [0.5, 0.6) is 0 Å². The van der Waals surface area contributed by atoms with Crippen molar-refractivity contribution in [1.29, 1.82) is 0 Å². The van der Waals surface area contributed by atoms with Gasteiger partial charge in [-0.3, -0.25) is 4.79 Å². The molecular formula is C10H20N2O4. The molecular weight excluding hydrogens is 212 g/mol. The van der Waals surface area contributed by atoms with Gasteiger partial charge < -0.3 is 20.9 Å². The molecule has 6 nitrogen and oxygen atoms in total. The van der Waals surface area contributed by atoms with Crippen LogP contribution in [0.25, 0.3) is 0 Å². The highest BCUT2D eigenvalue weighted by molar-refractivity contribution is 5.87. The Morgan fingerprint density at radius 1 is 1.50 bits per heavy atom. The number of amides is 1. The summed E-state index contributed by atoms with van der Waals surface area (Å²) in [5.74, 6) is -1.06. The fraction of sp³-hybridized carbons (Fsp3) is 0.800. The van der Waals surface area contributed by atoms with Gasteiger partial charge in [0, 0.05) is 0 Å². The summed E-state index contributed by atoms with van der Waals surface area (Å²) in [5.41, 5.74) is 5.27. The summed E-state index contributed by atoms with van der Waals surface area (Å²) in [6.45, 7) is 3.39. The molecule has 0 fully saturated rings. The molecule has 4 N–H and O–H groups in total. The van der Waals surface area contributed by atoms with Crippen LogP contribution >= 0.6 is 0 Å². The molecule has 0 aliphatic carbocycles. The van der Waals surface area contributed by atoms with Gasteiger partial charge in [-0.25, -0.2) is 4.79 Å². The molecule has 2 atom stereocenters. The fourth-order valence-corrected chi connectivity index (χ4v) is 0.904. The van der Waals surface area contributed by atoms with E-state index in [1.165, 1.54) is 6.92 Å². The number of nitrogens with one attached hydrogen (secondary N) is 1. The molecule has 6 heteroatoms. The summed E-state index contributed by atoms with van der Waals surface area (Å²) < 4.78 is 4.90. The van der Waals surface area contributed by atoms with Crippen LogP contribution in [0.2, 0.25) is 0 Å². The fourth-order valence-electron chi connectivity index (χ4n) is 0.904. The van der Waals surface area contributed by atoms with Crippen molar-refractivity contribution in [2.45, 2.75) is 38.8 Å². The van der Waals surface area contributed by atoms with Crippen molar-refractivity contribution in [2.75, 3.05) is 13.2 Å². The molecule has 0 aromatic carbocycles. The zero-order valence-corrected chi connectivity index (χ0v) is 9.73. The number of unbranched alkanes of at least 4 members (excludes halogenated alkanes) is 1. The SMILES string of the molecule is CCCCOC(=O)[C@H](C)NC(=O)[C@@H](N)CO. The molecule has 1 amide bonds. The van der Waals surface area contributed by atoms with E-state index in [2.05, 4.69) is 5.32 Å². The Labute approximate surface area is 95.1 Å². The van der Waals surface area contributed by atoms with Gasteiger partial charge >= 0.3 is 5.97 Å². The van der Waals surface area contributed by atoms with Gasteiger partial charge in [0.15, 0.2) is 0 Å². The largest absolute Gasteiger partial charge is 0.464 e. The number of carbonyl (C=O) groups is 2. The number of aliphatic hydroxyl groups is 1. The van der Waals surface area contributed by atoms with Crippen LogP contribution in [0.4, 0.5) is 0 Å². The van der Waals surface area contributed by atoms with Crippen LogP contribution in [0.3, 0.4) is 0 Å². The number of rotatable bonds is 7. The summed E-state index contributed by atoms with van der Waals surface area (Å²) in [5, 5.41) is 11.0. The van der Waals surface area contributed by atoms with Gasteiger partial charge in [0.25, 0.3) is 0 Å². The lowest BCUT2D eigenvalue weighted by Crippen LogP contribution is -2.49. The van der Waals surface area contributed by atoms with Gasteiger partial charge in [-0.15, -0.1) is 0 Å². The zero-order valence-electron chi connectivity index (χ0n) is 9.73. The smallest absolute Gasteiger partial charge is 0.328 e. The third-order valence-electron chi connectivity index (χ3n) is 1.99. The summed E-state index contributed by atoms with van der Waals surface area (Å²) in [6.07, 6.45) is 1.73.